The molecule has 0 aliphatic rings. The third-order valence-electron chi connectivity index (χ3n) is 6.07. The van der Waals surface area contributed by atoms with Crippen LogP contribution in [0.3, 0.4) is 0 Å². The van der Waals surface area contributed by atoms with E-state index in [1.807, 2.05) is 23.1 Å². The quantitative estimate of drug-likeness (QED) is 0.265. The first-order valence-corrected chi connectivity index (χ1v) is 11.8. The first kappa shape index (κ1) is 25.6. The number of benzene rings is 3. The van der Waals surface area contributed by atoms with Crippen molar-refractivity contribution in [2.24, 2.45) is 0 Å². The van der Waals surface area contributed by atoms with E-state index in [1.165, 1.54) is 0 Å². The van der Waals surface area contributed by atoms with Gasteiger partial charge in [-0.1, -0.05) is 42.3 Å². The molecule has 0 saturated heterocycles. The number of nitrogens with zero attached hydrogens (tertiary/aromatic N) is 2. The Labute approximate surface area is 214 Å². The number of aromatic amines is 1. The largest absolute Gasteiger partial charge is 0.394 e. The van der Waals surface area contributed by atoms with Crippen molar-refractivity contribution in [2.75, 3.05) is 18.1 Å². The number of aromatic nitrogens is 2. The van der Waals surface area contributed by atoms with Gasteiger partial charge in [0.2, 0.25) is 0 Å². The van der Waals surface area contributed by atoms with E-state index in [4.69, 9.17) is 6.42 Å². The zero-order chi connectivity index (χ0) is 26.4. The molecule has 4 N–H and O–H groups in total. The van der Waals surface area contributed by atoms with Gasteiger partial charge in [0.1, 0.15) is 11.9 Å². The number of amides is 1. The number of carbonyl (C=O) groups is 1. The van der Waals surface area contributed by atoms with Crippen molar-refractivity contribution in [3.8, 4) is 12.3 Å². The highest BCUT2D eigenvalue weighted by Gasteiger charge is 2.22. The van der Waals surface area contributed by atoms with Gasteiger partial charge >= 0.3 is 0 Å². The first-order chi connectivity index (χ1) is 17.9. The minimum atomic E-state index is -1.05. The molecule has 1 aromatic heterocycles. The molecule has 2 atom stereocenters. The number of anilines is 1. The van der Waals surface area contributed by atoms with Gasteiger partial charge in [-0.25, -0.2) is 4.98 Å². The zero-order valence-corrected chi connectivity index (χ0v) is 20.4. The van der Waals surface area contributed by atoms with Crippen LogP contribution in [0.1, 0.15) is 33.4 Å². The molecule has 0 aliphatic heterocycles. The van der Waals surface area contributed by atoms with Crippen molar-refractivity contribution in [3.63, 3.8) is 0 Å². The van der Waals surface area contributed by atoms with Crippen LogP contribution in [0.25, 0.3) is 10.9 Å². The molecule has 0 bridgehead atoms. The lowest BCUT2D eigenvalue weighted by Crippen LogP contribution is -2.42. The molecule has 0 fully saturated rings. The van der Waals surface area contributed by atoms with Crippen LogP contribution in [0.4, 0.5) is 5.69 Å². The lowest BCUT2D eigenvalue weighted by molar-refractivity contribution is 0.0703. The fraction of sp³-hybridized carbons (Fsp3) is 0.207. The van der Waals surface area contributed by atoms with Gasteiger partial charge in [-0.15, -0.1) is 6.42 Å². The molecule has 8 heteroatoms. The minimum Gasteiger partial charge on any atom is -0.394 e. The van der Waals surface area contributed by atoms with Crippen LogP contribution in [0, 0.1) is 19.3 Å². The van der Waals surface area contributed by atoms with E-state index < -0.39 is 24.7 Å². The second-order valence-corrected chi connectivity index (χ2v) is 8.73. The highest BCUT2D eigenvalue weighted by Crippen LogP contribution is 2.21. The monoisotopic (exact) mass is 496 g/mol. The molecular weight excluding hydrogens is 468 g/mol. The summed E-state index contributed by atoms with van der Waals surface area (Å²) in [6, 6.07) is 20.4. The second-order valence-electron chi connectivity index (χ2n) is 8.73. The van der Waals surface area contributed by atoms with Gasteiger partial charge in [-0.3, -0.25) is 9.59 Å². The molecule has 0 spiro atoms. The Hall–Kier alpha value is -4.45. The third kappa shape index (κ3) is 6.04. The van der Waals surface area contributed by atoms with Crippen LogP contribution in [-0.2, 0) is 6.54 Å². The van der Waals surface area contributed by atoms with E-state index in [1.54, 1.807) is 61.5 Å². The molecule has 0 saturated carbocycles. The van der Waals surface area contributed by atoms with Gasteiger partial charge in [0, 0.05) is 17.8 Å². The van der Waals surface area contributed by atoms with Gasteiger partial charge in [0.05, 0.1) is 30.1 Å². The molecule has 1 amide bonds. The number of nitrogens with one attached hydrogen (secondary N) is 2. The van der Waals surface area contributed by atoms with Gasteiger partial charge in [-0.05, 0) is 54.4 Å². The van der Waals surface area contributed by atoms with Crippen LogP contribution in [0.2, 0.25) is 0 Å². The van der Waals surface area contributed by atoms with Crippen LogP contribution < -0.4 is 15.8 Å². The van der Waals surface area contributed by atoms with E-state index >= 15 is 0 Å². The summed E-state index contributed by atoms with van der Waals surface area (Å²) in [7, 11) is 0. The van der Waals surface area contributed by atoms with Crippen LogP contribution in [0.5, 0.6) is 0 Å². The number of aryl methyl sites for hydroxylation is 1. The van der Waals surface area contributed by atoms with Crippen molar-refractivity contribution in [3.05, 3.63) is 106 Å². The molecule has 188 valence electrons. The molecule has 3 aromatic carbocycles. The average molecular weight is 497 g/mol. The van der Waals surface area contributed by atoms with Crippen molar-refractivity contribution in [2.45, 2.75) is 25.6 Å². The third-order valence-corrected chi connectivity index (χ3v) is 6.07. The zero-order valence-electron chi connectivity index (χ0n) is 20.4. The fourth-order valence-electron chi connectivity index (χ4n) is 4.15. The van der Waals surface area contributed by atoms with Crippen molar-refractivity contribution >= 4 is 22.5 Å². The van der Waals surface area contributed by atoms with Crippen LogP contribution in [-0.4, -0.2) is 45.3 Å². The smallest absolute Gasteiger partial charge is 0.258 e. The molecule has 0 unspecified atom stereocenters. The summed E-state index contributed by atoms with van der Waals surface area (Å²) < 4.78 is 0. The average Bonchev–Trinajstić information content (AvgIpc) is 2.92. The predicted molar refractivity (Wildman–Crippen MR) is 143 cm³/mol. The maximum Gasteiger partial charge on any atom is 0.258 e. The lowest BCUT2D eigenvalue weighted by atomic mass is 10.0. The van der Waals surface area contributed by atoms with Gasteiger partial charge < -0.3 is 25.4 Å². The van der Waals surface area contributed by atoms with Crippen molar-refractivity contribution < 1.29 is 15.0 Å². The lowest BCUT2D eigenvalue weighted by Gasteiger charge is -2.24. The maximum absolute atomic E-state index is 12.8. The molecule has 1 heterocycles. The molecule has 37 heavy (non-hydrogen) atoms. The molecule has 0 radical (unpaired) electrons. The second kappa shape index (κ2) is 11.5. The number of fused-ring (bicyclic) bond motifs is 1. The molecule has 0 aliphatic carbocycles. The van der Waals surface area contributed by atoms with E-state index in [-0.39, 0.29) is 5.56 Å². The highest BCUT2D eigenvalue weighted by molar-refractivity contribution is 5.94. The Morgan fingerprint density at radius 3 is 2.54 bits per heavy atom. The molecule has 4 rings (SSSR count). The Bertz CT molecular complexity index is 1480. The number of H-pyrrole nitrogens is 1. The number of carbonyl (C=O) groups excluding carboxylic acids is 1. The fourth-order valence-corrected chi connectivity index (χ4v) is 4.15. The van der Waals surface area contributed by atoms with E-state index in [9.17, 15) is 19.8 Å². The van der Waals surface area contributed by atoms with E-state index in [0.717, 1.165) is 11.3 Å². The van der Waals surface area contributed by atoms with Crippen LogP contribution in [0.15, 0.2) is 77.6 Å². The van der Waals surface area contributed by atoms with E-state index in [2.05, 4.69) is 21.2 Å². The Morgan fingerprint density at radius 2 is 1.86 bits per heavy atom. The SMILES string of the molecule is C#CCN(Cc1ccc2nc(C)[nH]c(=O)c2c1)c1ccc(C(=O)N[C@@H](CO)[C@H](O)c2ccccc2)cc1. The Balaban J connectivity index is 1.49. The Kier molecular flexibility index (Phi) is 7.98. The number of rotatable bonds is 9. The summed E-state index contributed by atoms with van der Waals surface area (Å²) in [5.74, 6) is 2.79. The predicted octanol–water partition coefficient (Wildman–Crippen LogP) is 2.70. The summed E-state index contributed by atoms with van der Waals surface area (Å²) in [6.45, 7) is 2.10. The molecular formula is C29H28N4O4. The maximum atomic E-state index is 12.8. The topological polar surface area (TPSA) is 119 Å². The number of terminal acetylenes is 1. The summed E-state index contributed by atoms with van der Waals surface area (Å²) in [4.78, 5) is 34.2. The summed E-state index contributed by atoms with van der Waals surface area (Å²) in [5.41, 5.74) is 3.10. The Morgan fingerprint density at radius 1 is 1.14 bits per heavy atom. The van der Waals surface area contributed by atoms with Gasteiger partial charge in [0.15, 0.2) is 0 Å². The number of aliphatic hydroxyl groups is 2. The van der Waals surface area contributed by atoms with Crippen molar-refractivity contribution in [1.82, 2.24) is 15.3 Å². The summed E-state index contributed by atoms with van der Waals surface area (Å²) in [6.07, 6.45) is 4.56. The number of hydrogen-bond donors (Lipinski definition) is 4. The first-order valence-electron chi connectivity index (χ1n) is 11.8. The van der Waals surface area contributed by atoms with Crippen molar-refractivity contribution in [1.29, 1.82) is 0 Å². The highest BCUT2D eigenvalue weighted by atomic mass is 16.3. The molecule has 4 aromatic rings. The molecule has 8 nitrogen and oxygen atoms in total. The van der Waals surface area contributed by atoms with E-state index in [0.29, 0.717) is 40.9 Å². The standard InChI is InChI=1S/C29H28N4O4/c1-3-15-33(17-20-9-14-25-24(16-20)29(37)31-19(2)30-25)23-12-10-22(11-13-23)28(36)32-26(18-34)27(35)21-7-5-4-6-8-21/h1,4-14,16,26-27,34-35H,15,17-18H2,2H3,(H,32,36)(H,30,31,37)/t26-,27+/m0/s1. The summed E-state index contributed by atoms with van der Waals surface area (Å²) >= 11 is 0. The normalized spacial score (nSPS) is 12.5. The number of hydrogen-bond acceptors (Lipinski definition) is 6. The minimum absolute atomic E-state index is 0.193. The number of aliphatic hydroxyl groups excluding tert-OH is 2. The van der Waals surface area contributed by atoms with Gasteiger partial charge in [0.25, 0.3) is 11.5 Å². The van der Waals surface area contributed by atoms with Gasteiger partial charge in [-0.2, -0.15) is 0 Å². The summed E-state index contributed by atoms with van der Waals surface area (Å²) in [5, 5.41) is 23.5. The van der Waals surface area contributed by atoms with Crippen LogP contribution >= 0.6 is 0 Å².